The second-order valence-corrected chi connectivity index (χ2v) is 18.9. The van der Waals surface area contributed by atoms with E-state index in [9.17, 15) is 0 Å². The number of unbranched alkanes of at least 4 members (excludes halogenated alkanes) is 6. The molecule has 0 radical (unpaired) electrons. The zero-order chi connectivity index (χ0) is 34.5. The molecule has 2 unspecified atom stereocenters. The third-order valence-corrected chi connectivity index (χ3v) is 15.5. The number of hydrogen-bond donors (Lipinski definition) is 0. The summed E-state index contributed by atoms with van der Waals surface area (Å²) in [6.45, 7) is 11.6. The molecule has 4 saturated carbocycles. The van der Waals surface area contributed by atoms with E-state index >= 15 is 0 Å². The zero-order valence-electron chi connectivity index (χ0n) is 34.2. The number of rotatable bonds is 24. The van der Waals surface area contributed by atoms with Crippen LogP contribution >= 0.6 is 0 Å². The highest BCUT2D eigenvalue weighted by atomic mass is 16.5. The Morgan fingerprint density at radius 2 is 0.653 bits per heavy atom. The van der Waals surface area contributed by atoms with E-state index in [1.54, 1.807) is 0 Å². The fourth-order valence-corrected chi connectivity index (χ4v) is 12.4. The molecule has 0 aromatic rings. The van der Waals surface area contributed by atoms with Crippen molar-refractivity contribution >= 4 is 0 Å². The van der Waals surface area contributed by atoms with Crippen LogP contribution < -0.4 is 0 Å². The van der Waals surface area contributed by atoms with Gasteiger partial charge in [-0.25, -0.2) is 0 Å². The molecule has 4 rings (SSSR count). The Kier molecular flexibility index (Phi) is 21.3. The van der Waals surface area contributed by atoms with Crippen molar-refractivity contribution in [2.24, 2.45) is 59.2 Å². The van der Waals surface area contributed by atoms with Crippen molar-refractivity contribution in [3.63, 3.8) is 0 Å². The summed E-state index contributed by atoms with van der Waals surface area (Å²) in [6.07, 6.45) is 47.5. The van der Waals surface area contributed by atoms with Crippen LogP contribution in [0.3, 0.4) is 0 Å². The molecule has 0 heterocycles. The molecule has 0 saturated heterocycles. The van der Waals surface area contributed by atoms with Gasteiger partial charge in [-0.3, -0.25) is 0 Å². The van der Waals surface area contributed by atoms with Crippen LogP contribution in [-0.2, 0) is 4.74 Å². The maximum atomic E-state index is 6.77. The quantitative estimate of drug-likeness (QED) is 0.0921. The highest BCUT2D eigenvalue weighted by Gasteiger charge is 2.36. The van der Waals surface area contributed by atoms with E-state index in [1.165, 1.54) is 205 Å². The van der Waals surface area contributed by atoms with Crippen molar-refractivity contribution < 1.29 is 4.74 Å². The molecular weight excluding hydrogens is 593 g/mol. The Bertz CT molecular complexity index is 694. The fourth-order valence-electron chi connectivity index (χ4n) is 12.4. The average molecular weight is 683 g/mol. The molecule has 0 spiro atoms. The van der Waals surface area contributed by atoms with Gasteiger partial charge in [-0.1, -0.05) is 169 Å². The summed E-state index contributed by atoms with van der Waals surface area (Å²) in [6, 6.07) is 0. The Hall–Kier alpha value is -0.0400. The van der Waals surface area contributed by atoms with Crippen molar-refractivity contribution in [2.75, 3.05) is 13.2 Å². The summed E-state index contributed by atoms with van der Waals surface area (Å²) >= 11 is 0. The molecule has 4 aliphatic rings. The van der Waals surface area contributed by atoms with Crippen molar-refractivity contribution in [1.82, 2.24) is 0 Å². The molecule has 49 heavy (non-hydrogen) atoms. The summed E-state index contributed by atoms with van der Waals surface area (Å²) in [4.78, 5) is 0. The minimum Gasteiger partial charge on any atom is -0.381 e. The van der Waals surface area contributed by atoms with Crippen molar-refractivity contribution in [3.8, 4) is 0 Å². The van der Waals surface area contributed by atoms with Gasteiger partial charge in [0.2, 0.25) is 0 Å². The van der Waals surface area contributed by atoms with Crippen LogP contribution in [-0.4, -0.2) is 13.2 Å². The van der Waals surface area contributed by atoms with Crippen LogP contribution in [0.5, 0.6) is 0 Å². The molecule has 0 aliphatic heterocycles. The van der Waals surface area contributed by atoms with Crippen molar-refractivity contribution in [3.05, 3.63) is 0 Å². The predicted molar refractivity (Wildman–Crippen MR) is 216 cm³/mol. The largest absolute Gasteiger partial charge is 0.381 e. The first-order valence-corrected chi connectivity index (χ1v) is 23.7. The lowest BCUT2D eigenvalue weighted by atomic mass is 9.65. The Labute approximate surface area is 309 Å². The zero-order valence-corrected chi connectivity index (χ0v) is 34.2. The van der Waals surface area contributed by atoms with Crippen LogP contribution in [0, 0.1) is 59.2 Å². The Morgan fingerprint density at radius 1 is 0.347 bits per heavy atom. The van der Waals surface area contributed by atoms with Gasteiger partial charge in [0.25, 0.3) is 0 Å². The minimum atomic E-state index is 0.945. The molecule has 1 heteroatoms. The van der Waals surface area contributed by atoms with Gasteiger partial charge in [0.1, 0.15) is 0 Å². The Balaban J connectivity index is 1.26. The lowest BCUT2D eigenvalue weighted by molar-refractivity contribution is 0.0368. The van der Waals surface area contributed by atoms with Crippen molar-refractivity contribution in [2.45, 2.75) is 233 Å². The monoisotopic (exact) mass is 683 g/mol. The van der Waals surface area contributed by atoms with Crippen LogP contribution in [0.4, 0.5) is 0 Å². The van der Waals surface area contributed by atoms with Crippen LogP contribution in [0.15, 0.2) is 0 Å². The molecule has 4 aliphatic carbocycles. The number of hydrogen-bond acceptors (Lipinski definition) is 1. The molecule has 0 amide bonds. The van der Waals surface area contributed by atoms with E-state index < -0.39 is 0 Å². The highest BCUT2D eigenvalue weighted by molar-refractivity contribution is 4.87. The Morgan fingerprint density at radius 3 is 0.939 bits per heavy atom. The third-order valence-electron chi connectivity index (χ3n) is 15.5. The molecule has 1 nitrogen and oxygen atoms in total. The molecule has 0 bridgehead atoms. The van der Waals surface area contributed by atoms with Gasteiger partial charge >= 0.3 is 0 Å². The first kappa shape index (κ1) is 41.7. The second-order valence-electron chi connectivity index (χ2n) is 18.9. The third kappa shape index (κ3) is 15.1. The van der Waals surface area contributed by atoms with E-state index in [-0.39, 0.29) is 0 Å². The fraction of sp³-hybridized carbons (Fsp3) is 1.00. The van der Waals surface area contributed by atoms with E-state index in [1.807, 2.05) is 0 Å². The van der Waals surface area contributed by atoms with Crippen LogP contribution in [0.25, 0.3) is 0 Å². The maximum Gasteiger partial charge on any atom is 0.0468 e. The predicted octanol–water partition coefficient (Wildman–Crippen LogP) is 15.8. The molecule has 2 atom stereocenters. The highest BCUT2D eigenvalue weighted by Crippen LogP contribution is 2.47. The van der Waals surface area contributed by atoms with E-state index in [2.05, 4.69) is 27.7 Å². The van der Waals surface area contributed by atoms with E-state index in [4.69, 9.17) is 4.74 Å². The van der Waals surface area contributed by atoms with Gasteiger partial charge in [-0.2, -0.15) is 0 Å². The smallest absolute Gasteiger partial charge is 0.0468 e. The van der Waals surface area contributed by atoms with Gasteiger partial charge in [0, 0.05) is 13.2 Å². The maximum absolute atomic E-state index is 6.77. The molecule has 0 aromatic heterocycles. The van der Waals surface area contributed by atoms with Crippen LogP contribution in [0.1, 0.15) is 233 Å². The van der Waals surface area contributed by atoms with Gasteiger partial charge in [0.15, 0.2) is 0 Å². The summed E-state index contributed by atoms with van der Waals surface area (Å²) in [7, 11) is 0. The van der Waals surface area contributed by atoms with Crippen LogP contribution in [0.2, 0.25) is 0 Å². The average Bonchev–Trinajstić information content (AvgIpc) is 3.14. The minimum absolute atomic E-state index is 0.945. The van der Waals surface area contributed by atoms with E-state index in [0.29, 0.717) is 0 Å². The summed E-state index contributed by atoms with van der Waals surface area (Å²) in [5.41, 5.74) is 0. The van der Waals surface area contributed by atoms with Gasteiger partial charge in [0.05, 0.1) is 0 Å². The molecular formula is C48H90O. The van der Waals surface area contributed by atoms with Gasteiger partial charge < -0.3 is 4.74 Å². The molecule has 0 aromatic carbocycles. The SMILES string of the molecule is CCCCCCC1CCC(C(CCOCCC(C2CCC(CCC)CC2)C2CCC(CCCCCC)CC2)C2CCC(CCC)CC2)CC1. The molecule has 4 fully saturated rings. The molecule has 288 valence electrons. The summed E-state index contributed by atoms with van der Waals surface area (Å²) < 4.78 is 6.77. The first-order chi connectivity index (χ1) is 24.1. The lowest BCUT2D eigenvalue weighted by Gasteiger charge is -2.41. The van der Waals surface area contributed by atoms with E-state index in [0.717, 1.165) is 72.4 Å². The normalized spacial score (nSPS) is 32.6. The topological polar surface area (TPSA) is 9.23 Å². The summed E-state index contributed by atoms with van der Waals surface area (Å²) in [5, 5.41) is 0. The van der Waals surface area contributed by atoms with Crippen molar-refractivity contribution in [1.29, 1.82) is 0 Å². The number of ether oxygens (including phenoxy) is 1. The van der Waals surface area contributed by atoms with Gasteiger partial charge in [-0.05, 0) is 123 Å². The first-order valence-electron chi connectivity index (χ1n) is 23.7. The standard InChI is InChI=1S/C48H90O/c1-5-9-11-13-17-41-23-31-45(32-24-41)47(43-27-19-39(15-7-3)20-28-43)35-37-49-38-36-48(44-29-21-40(16-8-4)22-30-44)46-33-25-42(26-34-46)18-14-12-10-6-2/h39-48H,5-38H2,1-4H3. The lowest BCUT2D eigenvalue weighted by Crippen LogP contribution is -2.32. The molecule has 0 N–H and O–H groups in total. The second kappa shape index (κ2) is 25.1. The summed E-state index contributed by atoms with van der Waals surface area (Å²) in [5.74, 6) is 9.99. The van der Waals surface area contributed by atoms with Gasteiger partial charge in [-0.15, -0.1) is 0 Å².